The van der Waals surface area contributed by atoms with Crippen molar-refractivity contribution in [2.75, 3.05) is 0 Å². The van der Waals surface area contributed by atoms with Crippen LogP contribution in [0.2, 0.25) is 5.02 Å². The van der Waals surface area contributed by atoms with Gasteiger partial charge in [-0.05, 0) is 36.8 Å². The first-order valence-electron chi connectivity index (χ1n) is 4.21. The van der Waals surface area contributed by atoms with Crippen LogP contribution in [0.4, 0.5) is 0 Å². The number of nitrogens with zero attached hydrogens (tertiary/aromatic N) is 1. The Kier molecular flexibility index (Phi) is 2.44. The molecule has 0 saturated carbocycles. The van der Waals surface area contributed by atoms with E-state index in [0.29, 0.717) is 4.77 Å². The molecule has 1 N–H and O–H groups in total. The molecule has 1 aromatic carbocycles. The van der Waals surface area contributed by atoms with E-state index in [0.717, 1.165) is 16.3 Å². The molecule has 0 spiro atoms. The Balaban J connectivity index is 2.69. The number of aromatic amines is 1. The van der Waals surface area contributed by atoms with Gasteiger partial charge in [0.1, 0.15) is 0 Å². The maximum Gasteiger partial charge on any atom is 0.181 e. The lowest BCUT2D eigenvalue weighted by atomic mass is 10.2. The zero-order chi connectivity index (χ0) is 10.1. The van der Waals surface area contributed by atoms with Gasteiger partial charge in [-0.15, -0.1) is 0 Å². The van der Waals surface area contributed by atoms with Crippen molar-refractivity contribution in [1.82, 2.24) is 9.55 Å². The van der Waals surface area contributed by atoms with Gasteiger partial charge >= 0.3 is 0 Å². The summed E-state index contributed by atoms with van der Waals surface area (Å²) in [4.78, 5) is 2.95. The van der Waals surface area contributed by atoms with Crippen molar-refractivity contribution < 1.29 is 0 Å². The molecule has 0 aliphatic carbocycles. The lowest BCUT2D eigenvalue weighted by molar-refractivity contribution is 1.02. The largest absolute Gasteiger partial charge is 0.337 e. The van der Waals surface area contributed by atoms with Crippen molar-refractivity contribution in [1.29, 1.82) is 0 Å². The number of hydrogen-bond donors (Lipinski definition) is 1. The summed E-state index contributed by atoms with van der Waals surface area (Å²) in [6, 6.07) is 5.78. The fraction of sp³-hybridized carbons (Fsp3) is 0.100. The van der Waals surface area contributed by atoms with Crippen molar-refractivity contribution in [3.8, 4) is 5.69 Å². The van der Waals surface area contributed by atoms with Crippen LogP contribution in [0.5, 0.6) is 0 Å². The van der Waals surface area contributed by atoms with E-state index < -0.39 is 0 Å². The number of aromatic nitrogens is 2. The standard InChI is InChI=1S/C10H9ClN2S/c1-7-8(11)3-2-4-9(7)13-6-5-12-10(13)14/h2-6H,1H3,(H,12,14). The Labute approximate surface area is 92.2 Å². The van der Waals surface area contributed by atoms with Gasteiger partial charge in [-0.25, -0.2) is 0 Å². The fourth-order valence-electron chi connectivity index (χ4n) is 1.37. The maximum absolute atomic E-state index is 6.03. The smallest absolute Gasteiger partial charge is 0.181 e. The van der Waals surface area contributed by atoms with E-state index in [2.05, 4.69) is 4.98 Å². The van der Waals surface area contributed by atoms with Gasteiger partial charge in [0.25, 0.3) is 0 Å². The van der Waals surface area contributed by atoms with Crippen LogP contribution in [0.25, 0.3) is 5.69 Å². The highest BCUT2D eigenvalue weighted by molar-refractivity contribution is 7.71. The number of imidazole rings is 1. The first-order chi connectivity index (χ1) is 6.70. The van der Waals surface area contributed by atoms with Crippen LogP contribution in [-0.2, 0) is 0 Å². The Morgan fingerprint density at radius 3 is 2.86 bits per heavy atom. The van der Waals surface area contributed by atoms with Crippen LogP contribution in [-0.4, -0.2) is 9.55 Å². The van der Waals surface area contributed by atoms with Crippen LogP contribution in [0.3, 0.4) is 0 Å². The number of H-pyrrole nitrogens is 1. The number of halogens is 1. The Hall–Kier alpha value is -1.06. The summed E-state index contributed by atoms with van der Waals surface area (Å²) in [5.74, 6) is 0. The molecule has 0 unspecified atom stereocenters. The van der Waals surface area contributed by atoms with Crippen LogP contribution < -0.4 is 0 Å². The highest BCUT2D eigenvalue weighted by Gasteiger charge is 2.03. The molecule has 2 aromatic rings. The van der Waals surface area contributed by atoms with Gasteiger partial charge in [-0.1, -0.05) is 17.7 Å². The number of benzene rings is 1. The second kappa shape index (κ2) is 3.59. The molecule has 1 heterocycles. The van der Waals surface area contributed by atoms with E-state index in [9.17, 15) is 0 Å². The molecule has 0 fully saturated rings. The van der Waals surface area contributed by atoms with E-state index in [1.54, 1.807) is 0 Å². The lowest BCUT2D eigenvalue weighted by Crippen LogP contribution is -1.95. The van der Waals surface area contributed by atoms with E-state index in [1.165, 1.54) is 0 Å². The second-order valence-corrected chi connectivity index (χ2v) is 3.81. The molecule has 0 aliphatic heterocycles. The average Bonchev–Trinajstić information content (AvgIpc) is 2.57. The molecule has 4 heteroatoms. The second-order valence-electron chi connectivity index (χ2n) is 3.02. The van der Waals surface area contributed by atoms with Crippen molar-refractivity contribution >= 4 is 23.8 Å². The summed E-state index contributed by atoms with van der Waals surface area (Å²) in [5, 5.41) is 0.755. The van der Waals surface area contributed by atoms with Gasteiger partial charge < -0.3 is 4.98 Å². The monoisotopic (exact) mass is 224 g/mol. The Morgan fingerprint density at radius 2 is 2.21 bits per heavy atom. The summed E-state index contributed by atoms with van der Waals surface area (Å²) < 4.78 is 2.58. The summed E-state index contributed by atoms with van der Waals surface area (Å²) in [6.45, 7) is 1.98. The van der Waals surface area contributed by atoms with Gasteiger partial charge in [0.15, 0.2) is 4.77 Å². The molecule has 0 atom stereocenters. The molecular formula is C10H9ClN2S. The minimum Gasteiger partial charge on any atom is -0.337 e. The van der Waals surface area contributed by atoms with Crippen LogP contribution >= 0.6 is 23.8 Å². The van der Waals surface area contributed by atoms with Gasteiger partial charge in [0, 0.05) is 17.4 Å². The maximum atomic E-state index is 6.03. The molecule has 2 rings (SSSR count). The summed E-state index contributed by atoms with van der Waals surface area (Å²) in [7, 11) is 0. The lowest BCUT2D eigenvalue weighted by Gasteiger charge is -2.07. The summed E-state index contributed by atoms with van der Waals surface area (Å²) in [6.07, 6.45) is 3.70. The average molecular weight is 225 g/mol. The fourth-order valence-corrected chi connectivity index (χ4v) is 1.76. The van der Waals surface area contributed by atoms with Gasteiger partial charge in [0.2, 0.25) is 0 Å². The predicted octanol–water partition coefficient (Wildman–Crippen LogP) is 3.50. The molecule has 14 heavy (non-hydrogen) atoms. The first kappa shape index (κ1) is 9.49. The Morgan fingerprint density at radius 1 is 1.43 bits per heavy atom. The van der Waals surface area contributed by atoms with Crippen molar-refractivity contribution in [3.63, 3.8) is 0 Å². The highest BCUT2D eigenvalue weighted by atomic mass is 35.5. The summed E-state index contributed by atoms with van der Waals surface area (Å²) in [5.41, 5.74) is 2.05. The first-order valence-corrected chi connectivity index (χ1v) is 5.00. The molecule has 0 bridgehead atoms. The van der Waals surface area contributed by atoms with Gasteiger partial charge in [0.05, 0.1) is 5.69 Å². The molecule has 0 aliphatic rings. The molecular weight excluding hydrogens is 216 g/mol. The third-order valence-electron chi connectivity index (χ3n) is 2.15. The summed E-state index contributed by atoms with van der Waals surface area (Å²) >= 11 is 11.2. The minimum absolute atomic E-state index is 0.676. The van der Waals surface area contributed by atoms with Gasteiger partial charge in [-0.2, -0.15) is 0 Å². The number of nitrogens with one attached hydrogen (secondary N) is 1. The molecule has 1 aromatic heterocycles. The zero-order valence-corrected chi connectivity index (χ0v) is 9.19. The normalized spacial score (nSPS) is 10.4. The van der Waals surface area contributed by atoms with E-state index >= 15 is 0 Å². The topological polar surface area (TPSA) is 20.7 Å². The molecule has 0 saturated heterocycles. The van der Waals surface area contributed by atoms with E-state index in [-0.39, 0.29) is 0 Å². The molecule has 72 valence electrons. The SMILES string of the molecule is Cc1c(Cl)cccc1-n1cc[nH]c1=S. The van der Waals surface area contributed by atoms with E-state index in [4.69, 9.17) is 23.8 Å². The number of hydrogen-bond acceptors (Lipinski definition) is 1. The minimum atomic E-state index is 0.676. The zero-order valence-electron chi connectivity index (χ0n) is 7.62. The van der Waals surface area contributed by atoms with Crippen LogP contribution in [0.1, 0.15) is 5.56 Å². The van der Waals surface area contributed by atoms with Crippen LogP contribution in [0, 0.1) is 11.7 Å². The predicted molar refractivity (Wildman–Crippen MR) is 60.7 cm³/mol. The van der Waals surface area contributed by atoms with Crippen LogP contribution in [0.15, 0.2) is 30.6 Å². The third kappa shape index (κ3) is 1.49. The quantitative estimate of drug-likeness (QED) is 0.736. The molecule has 0 amide bonds. The molecule has 0 radical (unpaired) electrons. The van der Waals surface area contributed by atoms with Gasteiger partial charge in [-0.3, -0.25) is 4.57 Å². The third-order valence-corrected chi connectivity index (χ3v) is 2.87. The number of rotatable bonds is 1. The highest BCUT2D eigenvalue weighted by Crippen LogP contribution is 2.21. The van der Waals surface area contributed by atoms with Crippen molar-refractivity contribution in [2.24, 2.45) is 0 Å². The van der Waals surface area contributed by atoms with Crippen molar-refractivity contribution in [2.45, 2.75) is 6.92 Å². The molecule has 2 nitrogen and oxygen atoms in total. The van der Waals surface area contributed by atoms with E-state index in [1.807, 2.05) is 42.1 Å². The van der Waals surface area contributed by atoms with Crippen molar-refractivity contribution in [3.05, 3.63) is 45.9 Å². The Bertz CT molecular complexity index is 513.